The van der Waals surface area contributed by atoms with Gasteiger partial charge in [0.25, 0.3) is 5.91 Å². The Balaban J connectivity index is 2.20. The topological polar surface area (TPSA) is 59.5 Å². The van der Waals surface area contributed by atoms with Gasteiger partial charge in [-0.15, -0.1) is 0 Å². The molecule has 0 unspecified atom stereocenters. The lowest BCUT2D eigenvalue weighted by Crippen LogP contribution is -2.48. The van der Waals surface area contributed by atoms with E-state index in [-0.39, 0.29) is 11.9 Å². The van der Waals surface area contributed by atoms with Crippen molar-refractivity contribution in [2.45, 2.75) is 25.3 Å². The maximum atomic E-state index is 12.4. The Kier molecular flexibility index (Phi) is 4.52. The molecule has 1 aliphatic rings. The van der Waals surface area contributed by atoms with Crippen molar-refractivity contribution in [1.29, 1.82) is 0 Å². The monoisotopic (exact) mass is 326 g/mol. The second-order valence-corrected chi connectivity index (χ2v) is 5.22. The van der Waals surface area contributed by atoms with Crippen LogP contribution in [0.5, 0.6) is 0 Å². The van der Waals surface area contributed by atoms with Crippen LogP contribution in [0.4, 0.5) is 0 Å². The van der Waals surface area contributed by atoms with Gasteiger partial charge in [0, 0.05) is 12.7 Å². The molecule has 0 aliphatic carbocycles. The Morgan fingerprint density at radius 3 is 2.84 bits per heavy atom. The number of piperidine rings is 1. The van der Waals surface area contributed by atoms with Crippen molar-refractivity contribution in [1.82, 2.24) is 9.88 Å². The van der Waals surface area contributed by atoms with Crippen LogP contribution in [0.15, 0.2) is 22.9 Å². The number of hydrogen-bond donors (Lipinski definition) is 0. The Bertz CT molecular complexity index is 475. The maximum absolute atomic E-state index is 12.4. The number of rotatable bonds is 2. The van der Waals surface area contributed by atoms with Gasteiger partial charge < -0.3 is 9.64 Å². The smallest absolute Gasteiger partial charge is 0.328 e. The number of carbonyl (C=O) groups is 2. The minimum absolute atomic E-state index is 0.171. The molecule has 0 bridgehead atoms. The summed E-state index contributed by atoms with van der Waals surface area (Å²) >= 11 is 3.23. The van der Waals surface area contributed by atoms with Crippen molar-refractivity contribution < 1.29 is 14.3 Å². The molecular formula is C13H15BrN2O3. The number of likely N-dealkylation sites (tertiary alicyclic amines) is 1. The van der Waals surface area contributed by atoms with Crippen LogP contribution >= 0.6 is 15.9 Å². The summed E-state index contributed by atoms with van der Waals surface area (Å²) in [5.41, 5.74) is 0.485. The molecule has 19 heavy (non-hydrogen) atoms. The number of pyridine rings is 1. The first kappa shape index (κ1) is 14.0. The van der Waals surface area contributed by atoms with Gasteiger partial charge in [0.1, 0.15) is 10.6 Å². The van der Waals surface area contributed by atoms with E-state index >= 15 is 0 Å². The molecule has 1 aromatic rings. The lowest BCUT2D eigenvalue weighted by atomic mass is 10.0. The first-order chi connectivity index (χ1) is 9.13. The molecule has 1 atom stereocenters. The highest BCUT2D eigenvalue weighted by Crippen LogP contribution is 2.21. The number of nitrogens with zero attached hydrogens (tertiary/aromatic N) is 2. The van der Waals surface area contributed by atoms with Crippen molar-refractivity contribution in [2.24, 2.45) is 0 Å². The standard InChI is InChI=1S/C13H15BrN2O3/c1-19-13(18)10-4-2-3-7-16(10)12(17)9-5-6-11(14)15-8-9/h5-6,8,10H,2-4,7H2,1H3/t10-/m1/s1. The summed E-state index contributed by atoms with van der Waals surface area (Å²) in [6.07, 6.45) is 4.00. The minimum Gasteiger partial charge on any atom is -0.467 e. The van der Waals surface area contributed by atoms with Gasteiger partial charge in [0.2, 0.25) is 0 Å². The first-order valence-corrected chi connectivity index (χ1v) is 6.93. The number of amides is 1. The second kappa shape index (κ2) is 6.14. The van der Waals surface area contributed by atoms with Crippen molar-refractivity contribution in [3.05, 3.63) is 28.5 Å². The predicted molar refractivity (Wildman–Crippen MR) is 72.6 cm³/mol. The summed E-state index contributed by atoms with van der Waals surface area (Å²) < 4.78 is 5.44. The molecule has 0 radical (unpaired) electrons. The largest absolute Gasteiger partial charge is 0.467 e. The van der Waals surface area contributed by atoms with Crippen LogP contribution in [0.3, 0.4) is 0 Å². The molecule has 1 saturated heterocycles. The summed E-state index contributed by atoms with van der Waals surface area (Å²) in [7, 11) is 1.35. The van der Waals surface area contributed by atoms with Gasteiger partial charge in [-0.05, 0) is 47.3 Å². The summed E-state index contributed by atoms with van der Waals surface area (Å²) in [5, 5.41) is 0. The van der Waals surface area contributed by atoms with Gasteiger partial charge in [-0.25, -0.2) is 9.78 Å². The fourth-order valence-corrected chi connectivity index (χ4v) is 2.46. The maximum Gasteiger partial charge on any atom is 0.328 e. The molecule has 5 nitrogen and oxygen atoms in total. The van der Waals surface area contributed by atoms with Gasteiger partial charge in [-0.1, -0.05) is 0 Å². The van der Waals surface area contributed by atoms with E-state index in [1.54, 1.807) is 17.0 Å². The van der Waals surface area contributed by atoms with E-state index < -0.39 is 6.04 Å². The molecule has 1 fully saturated rings. The second-order valence-electron chi connectivity index (χ2n) is 4.40. The number of halogens is 1. The van der Waals surface area contributed by atoms with E-state index in [0.29, 0.717) is 23.1 Å². The number of esters is 1. The number of carbonyl (C=O) groups excluding carboxylic acids is 2. The fraction of sp³-hybridized carbons (Fsp3) is 0.462. The van der Waals surface area contributed by atoms with Crippen LogP contribution in [0.1, 0.15) is 29.6 Å². The highest BCUT2D eigenvalue weighted by molar-refractivity contribution is 9.10. The highest BCUT2D eigenvalue weighted by atomic mass is 79.9. The van der Waals surface area contributed by atoms with Crippen molar-refractivity contribution in [3.8, 4) is 0 Å². The van der Waals surface area contributed by atoms with Gasteiger partial charge in [-0.3, -0.25) is 4.79 Å². The zero-order chi connectivity index (χ0) is 13.8. The molecule has 2 heterocycles. The van der Waals surface area contributed by atoms with Crippen LogP contribution in [0.25, 0.3) is 0 Å². The highest BCUT2D eigenvalue weighted by Gasteiger charge is 2.33. The van der Waals surface area contributed by atoms with Crippen LogP contribution < -0.4 is 0 Å². The summed E-state index contributed by atoms with van der Waals surface area (Å²) in [6.45, 7) is 0.578. The number of hydrogen-bond acceptors (Lipinski definition) is 4. The van der Waals surface area contributed by atoms with E-state index in [1.807, 2.05) is 0 Å². The Morgan fingerprint density at radius 1 is 1.42 bits per heavy atom. The minimum atomic E-state index is -0.477. The Labute approximate surface area is 120 Å². The van der Waals surface area contributed by atoms with E-state index in [2.05, 4.69) is 20.9 Å². The van der Waals surface area contributed by atoms with Crippen molar-refractivity contribution in [2.75, 3.05) is 13.7 Å². The van der Waals surface area contributed by atoms with Crippen LogP contribution in [-0.2, 0) is 9.53 Å². The molecular weight excluding hydrogens is 312 g/mol. The molecule has 0 saturated carbocycles. The first-order valence-electron chi connectivity index (χ1n) is 6.14. The average molecular weight is 327 g/mol. The average Bonchev–Trinajstić information content (AvgIpc) is 2.46. The normalized spacial score (nSPS) is 19.1. The summed E-state index contributed by atoms with van der Waals surface area (Å²) in [5.74, 6) is -0.520. The predicted octanol–water partition coefficient (Wildman–Crippen LogP) is 2.01. The third-order valence-corrected chi connectivity index (χ3v) is 3.68. The molecule has 2 rings (SSSR count). The molecule has 6 heteroatoms. The molecule has 0 aromatic carbocycles. The molecule has 1 aromatic heterocycles. The third-order valence-electron chi connectivity index (χ3n) is 3.21. The van der Waals surface area contributed by atoms with Gasteiger partial charge in [0.15, 0.2) is 0 Å². The molecule has 0 N–H and O–H groups in total. The van der Waals surface area contributed by atoms with Gasteiger partial charge >= 0.3 is 5.97 Å². The Hall–Kier alpha value is -1.43. The SMILES string of the molecule is COC(=O)[C@H]1CCCCN1C(=O)c1ccc(Br)nc1. The quantitative estimate of drug-likeness (QED) is 0.616. The molecule has 0 spiro atoms. The molecule has 102 valence electrons. The fourth-order valence-electron chi connectivity index (χ4n) is 2.22. The van der Waals surface area contributed by atoms with E-state index in [0.717, 1.165) is 12.8 Å². The van der Waals surface area contributed by atoms with Gasteiger partial charge in [-0.2, -0.15) is 0 Å². The number of methoxy groups -OCH3 is 1. The van der Waals surface area contributed by atoms with Crippen LogP contribution in [0, 0.1) is 0 Å². The van der Waals surface area contributed by atoms with Crippen molar-refractivity contribution in [3.63, 3.8) is 0 Å². The molecule has 1 aliphatic heterocycles. The van der Waals surface area contributed by atoms with Crippen LogP contribution in [-0.4, -0.2) is 41.5 Å². The summed E-state index contributed by atoms with van der Waals surface area (Å²) in [4.78, 5) is 29.8. The zero-order valence-electron chi connectivity index (χ0n) is 10.6. The lowest BCUT2D eigenvalue weighted by molar-refractivity contribution is -0.147. The zero-order valence-corrected chi connectivity index (χ0v) is 12.2. The van der Waals surface area contributed by atoms with Crippen LogP contribution in [0.2, 0.25) is 0 Å². The van der Waals surface area contributed by atoms with E-state index in [9.17, 15) is 9.59 Å². The summed E-state index contributed by atoms with van der Waals surface area (Å²) in [6, 6.07) is 2.93. The third kappa shape index (κ3) is 3.12. The van der Waals surface area contributed by atoms with Crippen molar-refractivity contribution >= 4 is 27.8 Å². The molecule has 1 amide bonds. The van der Waals surface area contributed by atoms with E-state index in [4.69, 9.17) is 4.74 Å². The Morgan fingerprint density at radius 2 is 2.21 bits per heavy atom. The van der Waals surface area contributed by atoms with E-state index in [1.165, 1.54) is 13.3 Å². The van der Waals surface area contributed by atoms with Gasteiger partial charge in [0.05, 0.1) is 12.7 Å². The number of aromatic nitrogens is 1. The lowest BCUT2D eigenvalue weighted by Gasteiger charge is -2.33. The number of ether oxygens (including phenoxy) is 1.